The first-order valence-corrected chi connectivity index (χ1v) is 14.1. The number of nitrogens with one attached hydrogen (secondary N) is 1. The van der Waals surface area contributed by atoms with E-state index in [0.29, 0.717) is 18.5 Å². The smallest absolute Gasteiger partial charge is 0.255 e. The van der Waals surface area contributed by atoms with Gasteiger partial charge in [-0.3, -0.25) is 9.78 Å². The van der Waals surface area contributed by atoms with E-state index >= 15 is 0 Å². The molecular weight excluding hydrogens is 538 g/mol. The first-order valence-electron chi connectivity index (χ1n) is 12.1. The lowest BCUT2D eigenvalue weighted by Gasteiger charge is -2.45. The van der Waals surface area contributed by atoms with Crippen LogP contribution in [0.5, 0.6) is 0 Å². The normalized spacial score (nSPS) is 25.7. The van der Waals surface area contributed by atoms with Gasteiger partial charge in [0.15, 0.2) is 21.5 Å². The molecular formula is C27H25ClF2N2O5S. The quantitative estimate of drug-likeness (QED) is 0.401. The third kappa shape index (κ3) is 4.59. The van der Waals surface area contributed by atoms with E-state index < -0.39 is 56.2 Å². The number of aromatic nitrogens is 1. The molecule has 1 aromatic heterocycles. The van der Waals surface area contributed by atoms with Crippen LogP contribution in [0.3, 0.4) is 0 Å². The predicted octanol–water partition coefficient (Wildman–Crippen LogP) is 4.69. The second kappa shape index (κ2) is 10.00. The third-order valence-electron chi connectivity index (χ3n) is 7.79. The number of pyridine rings is 1. The molecule has 2 aliphatic carbocycles. The molecule has 2 aromatic carbocycles. The zero-order chi connectivity index (χ0) is 27.2. The Morgan fingerprint density at radius 1 is 1.05 bits per heavy atom. The maximum absolute atomic E-state index is 13.7. The summed E-state index contributed by atoms with van der Waals surface area (Å²) in [5.74, 6) is -3.87. The lowest BCUT2D eigenvalue weighted by Crippen LogP contribution is -2.52. The molecule has 5 rings (SSSR count). The van der Waals surface area contributed by atoms with Gasteiger partial charge < -0.3 is 15.5 Å². The van der Waals surface area contributed by atoms with E-state index in [4.69, 9.17) is 11.6 Å². The number of halogens is 3. The van der Waals surface area contributed by atoms with Gasteiger partial charge in [0, 0.05) is 23.5 Å². The minimum atomic E-state index is -4.03. The van der Waals surface area contributed by atoms with Crippen molar-refractivity contribution in [2.75, 3.05) is 5.32 Å². The number of carbonyl (C=O) groups excluding carboxylic acids is 1. The summed E-state index contributed by atoms with van der Waals surface area (Å²) in [7, 11) is -4.03. The highest BCUT2D eigenvalue weighted by Crippen LogP contribution is 2.56. The van der Waals surface area contributed by atoms with Crippen molar-refractivity contribution in [1.29, 1.82) is 0 Å². The number of aliphatic hydroxyl groups is 2. The number of benzene rings is 2. The van der Waals surface area contributed by atoms with Gasteiger partial charge in [0.2, 0.25) is 0 Å². The molecule has 200 valence electrons. The van der Waals surface area contributed by atoms with Crippen LogP contribution in [0.15, 0.2) is 65.7 Å². The zero-order valence-electron chi connectivity index (χ0n) is 20.0. The van der Waals surface area contributed by atoms with E-state index in [9.17, 15) is 32.2 Å². The van der Waals surface area contributed by atoms with Crippen molar-refractivity contribution in [3.63, 3.8) is 0 Å². The van der Waals surface area contributed by atoms with Crippen molar-refractivity contribution in [3.8, 4) is 0 Å². The van der Waals surface area contributed by atoms with Gasteiger partial charge in [-0.2, -0.15) is 0 Å². The van der Waals surface area contributed by atoms with Crippen molar-refractivity contribution in [3.05, 3.63) is 88.7 Å². The number of nitrogens with zero attached hydrogens (tertiary/aromatic N) is 1. The molecule has 1 amide bonds. The van der Waals surface area contributed by atoms with E-state index in [1.165, 1.54) is 30.5 Å². The molecule has 2 saturated carbocycles. The minimum absolute atomic E-state index is 0.00265. The maximum atomic E-state index is 13.7. The lowest BCUT2D eigenvalue weighted by molar-refractivity contribution is -0.145. The standard InChI is InChI=1S/C27H25ClF2N2O5S/c28-20-8-4-15(26(34)32-18-7-9-21(29)22(30)14-18)11-24(20)38(36,37)19-12-16-5-6-17(13-19)27(16,35)25(33)23-3-1-2-10-31-23/h1-4,7-11,14,16-17,19,25,33,35H,5-6,12-13H2,(H,32,34)/t16?,17?,19-,25?,27-. The number of anilines is 1. The van der Waals surface area contributed by atoms with Crippen molar-refractivity contribution in [2.24, 2.45) is 11.8 Å². The van der Waals surface area contributed by atoms with Crippen molar-refractivity contribution in [2.45, 2.75) is 47.5 Å². The van der Waals surface area contributed by atoms with Gasteiger partial charge in [0.1, 0.15) is 11.7 Å². The Morgan fingerprint density at radius 2 is 1.76 bits per heavy atom. The van der Waals surface area contributed by atoms with Crippen LogP contribution >= 0.6 is 11.6 Å². The Kier molecular flexibility index (Phi) is 7.02. The number of aliphatic hydroxyl groups excluding tert-OH is 1. The molecule has 7 nitrogen and oxygen atoms in total. The largest absolute Gasteiger partial charge is 0.386 e. The van der Waals surface area contributed by atoms with Gasteiger partial charge in [0.25, 0.3) is 5.91 Å². The summed E-state index contributed by atoms with van der Waals surface area (Å²) >= 11 is 6.28. The summed E-state index contributed by atoms with van der Waals surface area (Å²) in [6, 6.07) is 11.7. The second-order valence-electron chi connectivity index (χ2n) is 9.88. The van der Waals surface area contributed by atoms with Crippen LogP contribution in [0.1, 0.15) is 47.8 Å². The van der Waals surface area contributed by atoms with Gasteiger partial charge in [-0.15, -0.1) is 0 Å². The Morgan fingerprint density at radius 3 is 2.39 bits per heavy atom. The average Bonchev–Trinajstić information content (AvgIpc) is 3.06. The predicted molar refractivity (Wildman–Crippen MR) is 136 cm³/mol. The molecule has 0 saturated heterocycles. The molecule has 11 heteroatoms. The summed E-state index contributed by atoms with van der Waals surface area (Å²) < 4.78 is 54.2. The number of sulfone groups is 1. The van der Waals surface area contributed by atoms with Gasteiger partial charge in [0.05, 0.1) is 20.9 Å². The Bertz CT molecular complexity index is 1470. The molecule has 3 aromatic rings. The molecule has 2 fully saturated rings. The monoisotopic (exact) mass is 562 g/mol. The minimum Gasteiger partial charge on any atom is -0.386 e. The van der Waals surface area contributed by atoms with Crippen molar-refractivity contribution in [1.82, 2.24) is 4.98 Å². The van der Waals surface area contributed by atoms with Gasteiger partial charge >= 0.3 is 0 Å². The molecule has 3 N–H and O–H groups in total. The third-order valence-corrected chi connectivity index (χ3v) is 10.4. The number of hydrogen-bond acceptors (Lipinski definition) is 6. The number of carbonyl (C=O) groups is 1. The molecule has 2 aliphatic rings. The summed E-state index contributed by atoms with van der Waals surface area (Å²) in [5.41, 5.74) is -1.20. The molecule has 38 heavy (non-hydrogen) atoms. The molecule has 0 radical (unpaired) electrons. The molecule has 2 bridgehead atoms. The van der Waals surface area contributed by atoms with Crippen LogP contribution in [-0.4, -0.2) is 40.4 Å². The highest BCUT2D eigenvalue weighted by atomic mass is 35.5. The molecule has 3 unspecified atom stereocenters. The zero-order valence-corrected chi connectivity index (χ0v) is 21.6. The number of rotatable bonds is 6. The first-order chi connectivity index (χ1) is 18.0. The van der Waals surface area contributed by atoms with Gasteiger partial charge in [-0.1, -0.05) is 17.7 Å². The summed E-state index contributed by atoms with van der Waals surface area (Å²) in [5, 5.41) is 24.1. The van der Waals surface area contributed by atoms with Crippen LogP contribution in [0, 0.1) is 23.5 Å². The summed E-state index contributed by atoms with van der Waals surface area (Å²) in [6.07, 6.45) is 1.61. The molecule has 1 heterocycles. The van der Waals surface area contributed by atoms with Crippen LogP contribution < -0.4 is 5.32 Å². The lowest BCUT2D eigenvalue weighted by atomic mass is 9.70. The second-order valence-corrected chi connectivity index (χ2v) is 12.5. The van der Waals surface area contributed by atoms with E-state index in [2.05, 4.69) is 10.3 Å². The Hall–Kier alpha value is -2.92. The number of amides is 1. The van der Waals surface area contributed by atoms with E-state index in [1.54, 1.807) is 18.2 Å². The summed E-state index contributed by atoms with van der Waals surface area (Å²) in [4.78, 5) is 16.7. The fourth-order valence-corrected chi connectivity index (χ4v) is 8.24. The van der Waals surface area contributed by atoms with Crippen LogP contribution in [-0.2, 0) is 9.84 Å². The molecule has 0 spiro atoms. The molecule has 0 aliphatic heterocycles. The SMILES string of the molecule is O=C(Nc1ccc(F)c(F)c1)c1ccc(Cl)c(S(=O)(=O)[C@H]2CC3CCC(C2)[C@]3(O)C(O)c2ccccn2)c1. The average molecular weight is 563 g/mol. The topological polar surface area (TPSA) is 117 Å². The van der Waals surface area contributed by atoms with Crippen LogP contribution in [0.25, 0.3) is 0 Å². The van der Waals surface area contributed by atoms with Crippen molar-refractivity contribution >= 4 is 33.0 Å². The van der Waals surface area contributed by atoms with Crippen LogP contribution in [0.4, 0.5) is 14.5 Å². The fraction of sp³-hybridized carbons (Fsp3) is 0.333. The van der Waals surface area contributed by atoms with Crippen molar-refractivity contribution < 1.29 is 32.2 Å². The first kappa shape index (κ1) is 26.7. The maximum Gasteiger partial charge on any atom is 0.255 e. The van der Waals surface area contributed by atoms with E-state index in [-0.39, 0.29) is 34.0 Å². The summed E-state index contributed by atoms with van der Waals surface area (Å²) in [6.45, 7) is 0. The van der Waals surface area contributed by atoms with Gasteiger partial charge in [-0.25, -0.2) is 17.2 Å². The highest BCUT2D eigenvalue weighted by Gasteiger charge is 2.59. The Labute approximate surface area is 223 Å². The fourth-order valence-electron chi connectivity index (χ4n) is 5.84. The number of fused-ring (bicyclic) bond motifs is 2. The van der Waals surface area contributed by atoms with Crippen LogP contribution in [0.2, 0.25) is 5.02 Å². The van der Waals surface area contributed by atoms with Gasteiger partial charge in [-0.05, 0) is 80.0 Å². The Balaban J connectivity index is 1.39. The van der Waals surface area contributed by atoms with E-state index in [0.717, 1.165) is 12.1 Å². The number of hydrogen-bond donors (Lipinski definition) is 3. The molecule has 3 atom stereocenters. The highest BCUT2D eigenvalue weighted by molar-refractivity contribution is 7.92. The van der Waals surface area contributed by atoms with E-state index in [1.807, 2.05) is 0 Å².